The zero-order valence-electron chi connectivity index (χ0n) is 32.8. The van der Waals surface area contributed by atoms with E-state index in [0.717, 1.165) is 11.6 Å². The molecule has 0 aromatic heterocycles. The lowest BCUT2D eigenvalue weighted by Crippen LogP contribution is -3.00. The van der Waals surface area contributed by atoms with Crippen LogP contribution in [0.3, 0.4) is 0 Å². The molecule has 0 aliphatic heterocycles. The first-order valence-corrected chi connectivity index (χ1v) is 20.7. The highest BCUT2D eigenvalue weighted by Crippen LogP contribution is 2.14. The zero-order chi connectivity index (χ0) is 34.7. The second-order valence-corrected chi connectivity index (χ2v) is 16.2. The lowest BCUT2D eigenvalue weighted by molar-refractivity contribution is -0.888. The SMILES string of the molecule is CCCCCCCCCCCCCCCCCC[N+](C)(C)C.CCCCCCCCCCCC[N+](C)(C)CC.COS(=O)(=O)[O-].[Br-]. The van der Waals surface area contributed by atoms with Gasteiger partial charge in [0.2, 0.25) is 10.4 Å². The minimum Gasteiger partial charge on any atom is -1.00 e. The molecular weight excluding hydrogens is 660 g/mol. The minimum absolute atomic E-state index is 0. The van der Waals surface area contributed by atoms with Gasteiger partial charge in [0.05, 0.1) is 62.0 Å². The monoisotopic (exact) mass is 745 g/mol. The Labute approximate surface area is 302 Å². The summed E-state index contributed by atoms with van der Waals surface area (Å²) in [5, 5.41) is 0. The van der Waals surface area contributed by atoms with Crippen molar-refractivity contribution in [2.75, 3.05) is 62.0 Å². The number of halogens is 1. The molecule has 0 saturated carbocycles. The first-order valence-electron chi connectivity index (χ1n) is 19.4. The summed E-state index contributed by atoms with van der Waals surface area (Å²) in [6.45, 7) is 10.8. The quantitative estimate of drug-likeness (QED) is 0.0323. The van der Waals surface area contributed by atoms with E-state index in [4.69, 9.17) is 0 Å². The van der Waals surface area contributed by atoms with Crippen LogP contribution in [0.2, 0.25) is 0 Å². The highest BCUT2D eigenvalue weighted by atomic mass is 79.9. The Morgan fingerprint density at radius 3 is 0.870 bits per heavy atom. The number of nitrogens with zero attached hydrogens (tertiary/aromatic N) is 2. The third-order valence-corrected chi connectivity index (χ3v) is 9.27. The molecule has 0 fully saturated rings. The smallest absolute Gasteiger partial charge is 0.217 e. The van der Waals surface area contributed by atoms with E-state index >= 15 is 0 Å². The average Bonchev–Trinajstić information content (AvgIpc) is 2.97. The van der Waals surface area contributed by atoms with Crippen LogP contribution in [0.25, 0.3) is 0 Å². The van der Waals surface area contributed by atoms with Crippen LogP contribution in [0.1, 0.15) is 188 Å². The standard InChI is InChI=1S/C21H46N.C16H36N.CH4O4S.BrH/c1-5-6-7-8-9-10-11-12-13-14-15-16-17-18-19-20-21-22(2,3)4;1-5-7-8-9-10-11-12-13-14-15-16-17(3,4)6-2;1-5-6(2,3)4;/h5-21H2,1-4H3;5-16H2,1-4H3;1H3,(H,2,3,4);1H/q2*+1;;/p-2. The van der Waals surface area contributed by atoms with E-state index in [9.17, 15) is 13.0 Å². The van der Waals surface area contributed by atoms with Crippen LogP contribution in [0, 0.1) is 0 Å². The molecule has 46 heavy (non-hydrogen) atoms. The van der Waals surface area contributed by atoms with Crippen molar-refractivity contribution in [1.29, 1.82) is 0 Å². The molecule has 0 aliphatic carbocycles. The molecule has 0 atom stereocenters. The maximum atomic E-state index is 9.22. The molecule has 0 aliphatic rings. The summed E-state index contributed by atoms with van der Waals surface area (Å²) in [5.41, 5.74) is 0. The summed E-state index contributed by atoms with van der Waals surface area (Å²) in [4.78, 5) is 0. The fourth-order valence-electron chi connectivity index (χ4n) is 5.32. The van der Waals surface area contributed by atoms with Crippen LogP contribution >= 0.6 is 0 Å². The van der Waals surface area contributed by atoms with Crippen LogP contribution in [0.15, 0.2) is 0 Å². The highest BCUT2D eigenvalue weighted by Gasteiger charge is 2.10. The number of unbranched alkanes of at least 4 members (excludes halogenated alkanes) is 24. The van der Waals surface area contributed by atoms with Crippen molar-refractivity contribution in [3.05, 3.63) is 0 Å². The Hall–Kier alpha value is 0.270. The predicted molar refractivity (Wildman–Crippen MR) is 199 cm³/mol. The fraction of sp³-hybridized carbons (Fsp3) is 1.00. The lowest BCUT2D eigenvalue weighted by atomic mass is 10.0. The predicted octanol–water partition coefficient (Wildman–Crippen LogP) is 8.05. The minimum atomic E-state index is -4.41. The summed E-state index contributed by atoms with van der Waals surface area (Å²) >= 11 is 0. The van der Waals surface area contributed by atoms with Gasteiger partial charge >= 0.3 is 0 Å². The van der Waals surface area contributed by atoms with E-state index in [2.05, 4.69) is 60.2 Å². The Balaban J connectivity index is -0.000000326. The number of hydrogen-bond donors (Lipinski definition) is 0. The molecule has 0 heterocycles. The molecule has 284 valence electrons. The van der Waals surface area contributed by atoms with E-state index in [0.29, 0.717) is 0 Å². The van der Waals surface area contributed by atoms with Crippen molar-refractivity contribution in [2.24, 2.45) is 0 Å². The van der Waals surface area contributed by atoms with Gasteiger partial charge in [-0.2, -0.15) is 0 Å². The molecule has 6 nitrogen and oxygen atoms in total. The molecule has 0 rings (SSSR count). The Bertz CT molecular complexity index is 670. The topological polar surface area (TPSA) is 66.4 Å². The molecule has 0 bridgehead atoms. The normalized spacial score (nSPS) is 11.7. The molecule has 0 unspecified atom stereocenters. The molecule has 0 aromatic carbocycles. The van der Waals surface area contributed by atoms with Crippen LogP contribution in [-0.2, 0) is 14.6 Å². The molecule has 0 N–H and O–H groups in total. The summed E-state index contributed by atoms with van der Waals surface area (Å²) < 4.78 is 33.3. The van der Waals surface area contributed by atoms with Gasteiger partial charge in [-0.1, -0.05) is 155 Å². The third kappa shape index (κ3) is 56.6. The maximum Gasteiger partial charge on any atom is 0.217 e. The van der Waals surface area contributed by atoms with E-state index in [1.807, 2.05) is 0 Å². The second kappa shape index (κ2) is 38.1. The molecular formula is C38H85BrN2O4S. The number of hydrogen-bond acceptors (Lipinski definition) is 4. The zero-order valence-corrected chi connectivity index (χ0v) is 35.2. The molecule has 0 aromatic rings. The van der Waals surface area contributed by atoms with Crippen molar-refractivity contribution < 1.29 is 43.1 Å². The van der Waals surface area contributed by atoms with E-state index < -0.39 is 10.4 Å². The van der Waals surface area contributed by atoms with Gasteiger partial charge in [0.1, 0.15) is 0 Å². The van der Waals surface area contributed by atoms with Crippen molar-refractivity contribution in [3.63, 3.8) is 0 Å². The molecule has 0 amide bonds. The maximum absolute atomic E-state index is 9.22. The van der Waals surface area contributed by atoms with Gasteiger partial charge < -0.3 is 30.5 Å². The van der Waals surface area contributed by atoms with Gasteiger partial charge in [-0.05, 0) is 32.6 Å². The molecule has 8 heteroatoms. The van der Waals surface area contributed by atoms with Crippen molar-refractivity contribution >= 4 is 10.4 Å². The van der Waals surface area contributed by atoms with Gasteiger partial charge in [-0.3, -0.25) is 4.18 Å². The van der Waals surface area contributed by atoms with Gasteiger partial charge in [0.25, 0.3) is 0 Å². The van der Waals surface area contributed by atoms with Crippen LogP contribution in [0.5, 0.6) is 0 Å². The van der Waals surface area contributed by atoms with Crippen molar-refractivity contribution in [1.82, 2.24) is 0 Å². The van der Waals surface area contributed by atoms with E-state index in [-0.39, 0.29) is 17.0 Å². The molecule has 0 saturated heterocycles. The third-order valence-electron chi connectivity index (χ3n) is 8.86. The van der Waals surface area contributed by atoms with Crippen molar-refractivity contribution in [3.8, 4) is 0 Å². The fourth-order valence-corrected chi connectivity index (χ4v) is 5.32. The molecule has 0 radical (unpaired) electrons. The summed E-state index contributed by atoms with van der Waals surface area (Å²) in [6, 6.07) is 0. The summed E-state index contributed by atoms with van der Waals surface area (Å²) in [7, 11) is 7.97. The van der Waals surface area contributed by atoms with Gasteiger partial charge in [0.15, 0.2) is 0 Å². The molecule has 0 spiro atoms. The first-order chi connectivity index (χ1) is 21.2. The summed E-state index contributed by atoms with van der Waals surface area (Å²) in [5.74, 6) is 0. The number of quaternary nitrogens is 2. The van der Waals surface area contributed by atoms with Gasteiger partial charge in [-0.15, -0.1) is 0 Å². The van der Waals surface area contributed by atoms with Gasteiger partial charge in [-0.25, -0.2) is 8.42 Å². The highest BCUT2D eigenvalue weighted by molar-refractivity contribution is 7.80. The average molecular weight is 746 g/mol. The van der Waals surface area contributed by atoms with E-state index in [1.54, 1.807) is 0 Å². The first kappa shape index (κ1) is 53.1. The largest absolute Gasteiger partial charge is 1.00 e. The Kier molecular flexibility index (Phi) is 43.9. The van der Waals surface area contributed by atoms with E-state index in [1.165, 1.54) is 191 Å². The van der Waals surface area contributed by atoms with Gasteiger partial charge in [0, 0.05) is 0 Å². The van der Waals surface area contributed by atoms with Crippen LogP contribution in [-0.4, -0.2) is 83.9 Å². The van der Waals surface area contributed by atoms with Crippen LogP contribution in [0.4, 0.5) is 0 Å². The van der Waals surface area contributed by atoms with Crippen LogP contribution < -0.4 is 17.0 Å². The Morgan fingerprint density at radius 2 is 0.674 bits per heavy atom. The second-order valence-electron chi connectivity index (χ2n) is 15.0. The summed E-state index contributed by atoms with van der Waals surface area (Å²) in [6.07, 6.45) is 37.8. The number of rotatable bonds is 30. The van der Waals surface area contributed by atoms with Crippen molar-refractivity contribution in [2.45, 2.75) is 188 Å². The lowest BCUT2D eigenvalue weighted by Gasteiger charge is -2.28. The Morgan fingerprint density at radius 1 is 0.457 bits per heavy atom.